The van der Waals surface area contributed by atoms with E-state index in [1.54, 1.807) is 32.9 Å². The lowest BCUT2D eigenvalue weighted by Gasteiger charge is -2.12. The van der Waals surface area contributed by atoms with Crippen LogP contribution in [0.25, 0.3) is 11.1 Å². The summed E-state index contributed by atoms with van der Waals surface area (Å²) in [6.45, 7) is 4.87. The normalized spacial score (nSPS) is 12.1. The maximum atomic E-state index is 12.8. The minimum atomic E-state index is -0.665. The van der Waals surface area contributed by atoms with E-state index in [9.17, 15) is 14.4 Å². The maximum absolute atomic E-state index is 12.8. The number of hydrogen-bond donors (Lipinski definition) is 1. The molecule has 0 aliphatic carbocycles. The average molecular weight is 373 g/mol. The molecule has 9 nitrogen and oxygen atoms in total. The second-order valence-corrected chi connectivity index (χ2v) is 5.92. The standard InChI is InChI=1S/C18H19N3O6/c1-4-25-18(24)14-11(3)27-16-15(14)17(23)21(9-19-16)8-13(22)20-10(2)12-6-5-7-26-12/h5-7,9-10H,4,8H2,1-3H3,(H,20,22)/t10-/m0/s1. The molecule has 142 valence electrons. The lowest BCUT2D eigenvalue weighted by Crippen LogP contribution is -2.34. The van der Waals surface area contributed by atoms with Gasteiger partial charge in [-0.3, -0.25) is 14.2 Å². The van der Waals surface area contributed by atoms with Crippen molar-refractivity contribution in [1.29, 1.82) is 0 Å². The van der Waals surface area contributed by atoms with Gasteiger partial charge in [0.1, 0.15) is 35.3 Å². The largest absolute Gasteiger partial charge is 0.467 e. The first-order valence-electron chi connectivity index (χ1n) is 8.40. The summed E-state index contributed by atoms with van der Waals surface area (Å²) in [5.74, 6) is -0.234. The molecule has 0 unspecified atom stereocenters. The van der Waals surface area contributed by atoms with Crippen LogP contribution < -0.4 is 10.9 Å². The van der Waals surface area contributed by atoms with E-state index in [2.05, 4.69) is 10.3 Å². The Bertz CT molecular complexity index is 1030. The highest BCUT2D eigenvalue weighted by Gasteiger charge is 2.24. The number of rotatable bonds is 6. The van der Waals surface area contributed by atoms with Crippen LogP contribution in [0.2, 0.25) is 0 Å². The van der Waals surface area contributed by atoms with E-state index in [1.165, 1.54) is 12.6 Å². The number of nitrogens with one attached hydrogen (secondary N) is 1. The van der Waals surface area contributed by atoms with Crippen molar-refractivity contribution in [3.8, 4) is 0 Å². The molecule has 0 aliphatic heterocycles. The Morgan fingerprint density at radius 1 is 1.41 bits per heavy atom. The molecule has 0 fully saturated rings. The molecular weight excluding hydrogens is 354 g/mol. The van der Waals surface area contributed by atoms with Crippen LogP contribution in [0.1, 0.15) is 41.8 Å². The van der Waals surface area contributed by atoms with Crippen molar-refractivity contribution in [1.82, 2.24) is 14.9 Å². The molecule has 0 aromatic carbocycles. The zero-order chi connectivity index (χ0) is 19.6. The van der Waals surface area contributed by atoms with Crippen LogP contribution in [-0.4, -0.2) is 28.0 Å². The van der Waals surface area contributed by atoms with E-state index in [0.29, 0.717) is 5.76 Å². The minimum Gasteiger partial charge on any atom is -0.467 e. The lowest BCUT2D eigenvalue weighted by molar-refractivity contribution is -0.122. The second kappa shape index (κ2) is 7.48. The van der Waals surface area contributed by atoms with Gasteiger partial charge in [0.15, 0.2) is 0 Å². The first kappa shape index (κ1) is 18.4. The molecule has 3 aromatic rings. The van der Waals surface area contributed by atoms with Crippen LogP contribution in [0.3, 0.4) is 0 Å². The van der Waals surface area contributed by atoms with Crippen molar-refractivity contribution in [2.75, 3.05) is 6.61 Å². The summed E-state index contributed by atoms with van der Waals surface area (Å²) in [7, 11) is 0. The second-order valence-electron chi connectivity index (χ2n) is 5.92. The molecule has 1 N–H and O–H groups in total. The molecule has 0 radical (unpaired) electrons. The topological polar surface area (TPSA) is 117 Å². The smallest absolute Gasteiger partial charge is 0.342 e. The Hall–Kier alpha value is -3.36. The summed E-state index contributed by atoms with van der Waals surface area (Å²) < 4.78 is 16.7. The van der Waals surface area contributed by atoms with Gasteiger partial charge < -0.3 is 18.9 Å². The van der Waals surface area contributed by atoms with E-state index in [0.717, 1.165) is 4.57 Å². The van der Waals surface area contributed by atoms with Crippen molar-refractivity contribution >= 4 is 23.0 Å². The molecule has 0 bridgehead atoms. The third-order valence-electron chi connectivity index (χ3n) is 4.00. The molecule has 9 heteroatoms. The van der Waals surface area contributed by atoms with Gasteiger partial charge in [0.25, 0.3) is 5.56 Å². The van der Waals surface area contributed by atoms with Gasteiger partial charge in [-0.05, 0) is 32.9 Å². The van der Waals surface area contributed by atoms with E-state index < -0.39 is 17.4 Å². The highest BCUT2D eigenvalue weighted by molar-refractivity contribution is 6.03. The Kier molecular flexibility index (Phi) is 5.11. The number of fused-ring (bicyclic) bond motifs is 1. The molecule has 0 aliphatic rings. The zero-order valence-electron chi connectivity index (χ0n) is 15.1. The van der Waals surface area contributed by atoms with Gasteiger partial charge >= 0.3 is 5.97 Å². The van der Waals surface area contributed by atoms with Gasteiger partial charge in [0.2, 0.25) is 11.6 Å². The quantitative estimate of drug-likeness (QED) is 0.656. The molecule has 3 heterocycles. The number of carbonyl (C=O) groups is 2. The number of ether oxygens (including phenoxy) is 1. The molecule has 1 amide bonds. The van der Waals surface area contributed by atoms with Crippen LogP contribution in [-0.2, 0) is 16.1 Å². The van der Waals surface area contributed by atoms with Crippen molar-refractivity contribution in [2.24, 2.45) is 0 Å². The number of hydrogen-bond acceptors (Lipinski definition) is 7. The fourth-order valence-electron chi connectivity index (χ4n) is 2.75. The number of nitrogens with zero attached hydrogens (tertiary/aromatic N) is 2. The highest BCUT2D eigenvalue weighted by atomic mass is 16.5. The number of aryl methyl sites for hydroxylation is 1. The molecule has 3 rings (SSSR count). The van der Waals surface area contributed by atoms with E-state index in [4.69, 9.17) is 13.6 Å². The molecule has 1 atom stereocenters. The molecule has 0 saturated heterocycles. The molecule has 27 heavy (non-hydrogen) atoms. The number of furan rings is 2. The Morgan fingerprint density at radius 3 is 2.85 bits per heavy atom. The fourth-order valence-corrected chi connectivity index (χ4v) is 2.75. The third-order valence-corrected chi connectivity index (χ3v) is 4.00. The Balaban J connectivity index is 1.88. The molecule has 0 saturated carbocycles. The zero-order valence-corrected chi connectivity index (χ0v) is 15.1. The summed E-state index contributed by atoms with van der Waals surface area (Å²) >= 11 is 0. The van der Waals surface area contributed by atoms with Crippen molar-refractivity contribution in [3.05, 3.63) is 52.2 Å². The van der Waals surface area contributed by atoms with Crippen molar-refractivity contribution in [2.45, 2.75) is 33.4 Å². The molecule has 0 spiro atoms. The van der Waals surface area contributed by atoms with Crippen LogP contribution in [0.15, 0.2) is 38.4 Å². The van der Waals surface area contributed by atoms with E-state index in [1.807, 2.05) is 0 Å². The van der Waals surface area contributed by atoms with E-state index >= 15 is 0 Å². The van der Waals surface area contributed by atoms with Crippen molar-refractivity contribution < 1.29 is 23.2 Å². The maximum Gasteiger partial charge on any atom is 0.342 e. The first-order valence-corrected chi connectivity index (χ1v) is 8.40. The van der Waals surface area contributed by atoms with Gasteiger partial charge in [-0.1, -0.05) is 0 Å². The SMILES string of the molecule is CCOC(=O)c1c(C)oc2ncn(CC(=O)N[C@@H](C)c3ccco3)c(=O)c12. The number of amides is 1. The summed E-state index contributed by atoms with van der Waals surface area (Å²) in [4.78, 5) is 41.2. The summed E-state index contributed by atoms with van der Waals surface area (Å²) in [5.41, 5.74) is -0.495. The summed E-state index contributed by atoms with van der Waals surface area (Å²) in [5, 5.41) is 2.73. The summed E-state index contributed by atoms with van der Waals surface area (Å²) in [6, 6.07) is 3.11. The van der Waals surface area contributed by atoms with Crippen LogP contribution in [0.5, 0.6) is 0 Å². The van der Waals surface area contributed by atoms with Gasteiger partial charge in [0, 0.05) is 0 Å². The van der Waals surface area contributed by atoms with Gasteiger partial charge in [-0.2, -0.15) is 0 Å². The summed E-state index contributed by atoms with van der Waals surface area (Å²) in [6.07, 6.45) is 2.72. The van der Waals surface area contributed by atoms with Gasteiger partial charge in [-0.25, -0.2) is 9.78 Å². The lowest BCUT2D eigenvalue weighted by atomic mass is 10.2. The van der Waals surface area contributed by atoms with E-state index in [-0.39, 0.29) is 41.6 Å². The van der Waals surface area contributed by atoms with Crippen LogP contribution in [0.4, 0.5) is 0 Å². The van der Waals surface area contributed by atoms with Crippen molar-refractivity contribution in [3.63, 3.8) is 0 Å². The fraction of sp³-hybridized carbons (Fsp3) is 0.333. The highest BCUT2D eigenvalue weighted by Crippen LogP contribution is 2.21. The number of esters is 1. The monoisotopic (exact) mass is 373 g/mol. The first-order chi connectivity index (χ1) is 12.9. The van der Waals surface area contributed by atoms with Crippen LogP contribution in [0, 0.1) is 6.92 Å². The Labute approximate surface area is 153 Å². The predicted molar refractivity (Wildman–Crippen MR) is 94.2 cm³/mol. The Morgan fingerprint density at radius 2 is 2.19 bits per heavy atom. The predicted octanol–water partition coefficient (Wildman–Crippen LogP) is 1.95. The van der Waals surface area contributed by atoms with Gasteiger partial charge in [-0.15, -0.1) is 0 Å². The molecule has 3 aromatic heterocycles. The third kappa shape index (κ3) is 3.62. The molecular formula is C18H19N3O6. The average Bonchev–Trinajstić information content (AvgIpc) is 3.25. The van der Waals surface area contributed by atoms with Crippen LogP contribution >= 0.6 is 0 Å². The number of carbonyl (C=O) groups excluding carboxylic acids is 2. The number of aromatic nitrogens is 2. The minimum absolute atomic E-state index is 0.000308. The van der Waals surface area contributed by atoms with Gasteiger partial charge in [0.05, 0.1) is 18.9 Å².